The zero-order valence-corrected chi connectivity index (χ0v) is 18.5. The normalized spacial score (nSPS) is 15.3. The number of H-pyrrole nitrogens is 1. The fourth-order valence-electron chi connectivity index (χ4n) is 4.46. The van der Waals surface area contributed by atoms with Gasteiger partial charge in [0.15, 0.2) is 5.71 Å². The van der Waals surface area contributed by atoms with Crippen LogP contribution in [0.4, 0.5) is 5.69 Å². The van der Waals surface area contributed by atoms with Crippen LogP contribution in [0, 0.1) is 0 Å². The summed E-state index contributed by atoms with van der Waals surface area (Å²) >= 11 is 1.79. The molecule has 4 aromatic rings. The fourth-order valence-corrected chi connectivity index (χ4v) is 5.49. The van der Waals surface area contributed by atoms with Crippen LogP contribution in [0.2, 0.25) is 0 Å². The molecule has 0 unspecified atom stereocenters. The predicted molar refractivity (Wildman–Crippen MR) is 128 cm³/mol. The Morgan fingerprint density at radius 2 is 1.77 bits per heavy atom. The fraction of sp³-hybridized carbons (Fsp3) is 0.192. The van der Waals surface area contributed by atoms with Crippen molar-refractivity contribution in [2.24, 2.45) is 0 Å². The molecule has 1 aliphatic rings. The summed E-state index contributed by atoms with van der Waals surface area (Å²) in [5.74, 6) is 0.857. The maximum Gasteiger partial charge on any atom is 0.209 e. The van der Waals surface area contributed by atoms with E-state index < -0.39 is 0 Å². The van der Waals surface area contributed by atoms with Gasteiger partial charge in [-0.15, -0.1) is 11.3 Å². The second kappa shape index (κ2) is 6.99. The summed E-state index contributed by atoms with van der Waals surface area (Å²) in [5.41, 5.74) is 5.92. The van der Waals surface area contributed by atoms with Crippen molar-refractivity contribution in [3.05, 3.63) is 78.0 Å². The van der Waals surface area contributed by atoms with Crippen molar-refractivity contribution < 1.29 is 9.31 Å². The molecule has 0 saturated carbocycles. The molecule has 0 amide bonds. The van der Waals surface area contributed by atoms with Gasteiger partial charge in [-0.3, -0.25) is 0 Å². The van der Waals surface area contributed by atoms with Gasteiger partial charge in [0, 0.05) is 28.5 Å². The number of methoxy groups -OCH3 is 1. The zero-order valence-electron chi connectivity index (χ0n) is 17.7. The number of allylic oxidation sites excluding steroid dienone is 1. The summed E-state index contributed by atoms with van der Waals surface area (Å²) in [5, 5.41) is 1.27. The quantitative estimate of drug-likeness (QED) is 0.374. The molecule has 0 aliphatic carbocycles. The van der Waals surface area contributed by atoms with Crippen LogP contribution in [0.5, 0.6) is 5.75 Å². The summed E-state index contributed by atoms with van der Waals surface area (Å²) in [7, 11) is 3.87. The maximum atomic E-state index is 5.68. The Hall–Kier alpha value is -3.11. The maximum absolute atomic E-state index is 5.68. The van der Waals surface area contributed by atoms with Gasteiger partial charge >= 0.3 is 0 Å². The average Bonchev–Trinajstić information content (AvgIpc) is 3.41. The second-order valence-corrected chi connectivity index (χ2v) is 9.32. The molecule has 5 rings (SSSR count). The van der Waals surface area contributed by atoms with Gasteiger partial charge in [0.1, 0.15) is 12.8 Å². The van der Waals surface area contributed by atoms with Gasteiger partial charge in [0.2, 0.25) is 5.69 Å². The van der Waals surface area contributed by atoms with E-state index in [-0.39, 0.29) is 5.41 Å². The van der Waals surface area contributed by atoms with Crippen molar-refractivity contribution in [3.63, 3.8) is 0 Å². The average molecular weight is 414 g/mol. The smallest absolute Gasteiger partial charge is 0.209 e. The monoisotopic (exact) mass is 413 g/mol. The van der Waals surface area contributed by atoms with Gasteiger partial charge in [-0.25, -0.2) is 0 Å². The van der Waals surface area contributed by atoms with Crippen molar-refractivity contribution in [1.82, 2.24) is 4.98 Å². The van der Waals surface area contributed by atoms with Gasteiger partial charge in [-0.2, -0.15) is 4.58 Å². The minimum Gasteiger partial charge on any atom is -0.494 e. The van der Waals surface area contributed by atoms with Crippen molar-refractivity contribution in [2.75, 3.05) is 14.2 Å². The van der Waals surface area contributed by atoms with Gasteiger partial charge in [0.25, 0.3) is 0 Å². The molecule has 1 aliphatic heterocycles. The SMILES string of the molecule is COc1cc(-c2cc3ccccc3s2)[nH]c1/C=C/C1=[N+](C)c2ccccc2C1(C)C. The Morgan fingerprint density at radius 1 is 1.00 bits per heavy atom. The van der Waals surface area contributed by atoms with E-state index in [9.17, 15) is 0 Å². The number of hydrogen-bond acceptors (Lipinski definition) is 2. The molecule has 1 N–H and O–H groups in total. The summed E-state index contributed by atoms with van der Waals surface area (Å²) in [4.78, 5) is 4.78. The molecule has 3 heterocycles. The Morgan fingerprint density at radius 3 is 2.53 bits per heavy atom. The number of ether oxygens (including phenoxy) is 1. The molecule has 150 valence electrons. The third kappa shape index (κ3) is 2.91. The molecule has 0 radical (unpaired) electrons. The molecule has 2 aromatic carbocycles. The number of rotatable bonds is 4. The first kappa shape index (κ1) is 18.9. The summed E-state index contributed by atoms with van der Waals surface area (Å²) in [6.07, 6.45) is 4.35. The standard InChI is InChI=1S/C26H24N2OS/c1-26(2)18-10-6-7-11-21(18)28(3)25(26)14-13-19-22(29-4)16-20(27-19)24-15-17-9-5-8-12-23(17)30-24/h5-16H,1-4H3/p+1. The van der Waals surface area contributed by atoms with E-state index in [1.165, 1.54) is 31.9 Å². The van der Waals surface area contributed by atoms with Gasteiger partial charge in [0.05, 0.1) is 28.8 Å². The largest absolute Gasteiger partial charge is 0.494 e. The Bertz CT molecular complexity index is 1290. The van der Waals surface area contributed by atoms with Crippen LogP contribution in [-0.2, 0) is 5.41 Å². The molecule has 2 aromatic heterocycles. The molecular weight excluding hydrogens is 388 g/mol. The Kier molecular flexibility index (Phi) is 4.40. The Balaban J connectivity index is 1.53. The van der Waals surface area contributed by atoms with Crippen LogP contribution >= 0.6 is 11.3 Å². The highest BCUT2D eigenvalue weighted by molar-refractivity contribution is 7.22. The number of thiophene rings is 1. The molecule has 3 nitrogen and oxygen atoms in total. The van der Waals surface area contributed by atoms with Crippen LogP contribution in [0.3, 0.4) is 0 Å². The van der Waals surface area contributed by atoms with E-state index >= 15 is 0 Å². The van der Waals surface area contributed by atoms with Gasteiger partial charge < -0.3 is 9.72 Å². The summed E-state index contributed by atoms with van der Waals surface area (Å²) in [6.45, 7) is 4.56. The molecule has 4 heteroatoms. The number of nitrogens with zero attached hydrogens (tertiary/aromatic N) is 1. The van der Waals surface area contributed by atoms with Crippen molar-refractivity contribution in [1.29, 1.82) is 0 Å². The van der Waals surface area contributed by atoms with E-state index in [4.69, 9.17) is 4.74 Å². The lowest BCUT2D eigenvalue weighted by Gasteiger charge is -2.15. The van der Waals surface area contributed by atoms with E-state index in [2.05, 4.69) is 103 Å². The molecular formula is C26H25N2OS+. The number of nitrogens with one attached hydrogen (secondary N) is 1. The van der Waals surface area contributed by atoms with E-state index in [1.54, 1.807) is 18.4 Å². The minimum absolute atomic E-state index is 0.0457. The summed E-state index contributed by atoms with van der Waals surface area (Å²) < 4.78 is 9.25. The summed E-state index contributed by atoms with van der Waals surface area (Å²) in [6, 6.07) is 21.4. The van der Waals surface area contributed by atoms with Crippen LogP contribution in [-0.4, -0.2) is 29.4 Å². The van der Waals surface area contributed by atoms with Gasteiger partial charge in [-0.05, 0) is 37.4 Å². The number of benzene rings is 2. The molecule has 0 saturated heterocycles. The minimum atomic E-state index is -0.0457. The lowest BCUT2D eigenvalue weighted by Crippen LogP contribution is -2.26. The van der Waals surface area contributed by atoms with Gasteiger partial charge in [-0.1, -0.05) is 36.4 Å². The second-order valence-electron chi connectivity index (χ2n) is 8.23. The third-order valence-corrected chi connectivity index (χ3v) is 7.22. The van der Waals surface area contributed by atoms with Crippen LogP contribution in [0.25, 0.3) is 26.7 Å². The molecule has 0 fully saturated rings. The van der Waals surface area contributed by atoms with Crippen LogP contribution in [0.15, 0.2) is 66.7 Å². The zero-order chi connectivity index (χ0) is 20.9. The van der Waals surface area contributed by atoms with E-state index in [0.29, 0.717) is 0 Å². The van der Waals surface area contributed by atoms with Crippen LogP contribution in [0.1, 0.15) is 25.1 Å². The van der Waals surface area contributed by atoms with Crippen LogP contribution < -0.4 is 4.74 Å². The Labute approximate surface area is 181 Å². The molecule has 30 heavy (non-hydrogen) atoms. The lowest BCUT2D eigenvalue weighted by molar-refractivity contribution is -0.401. The molecule has 0 bridgehead atoms. The van der Waals surface area contributed by atoms with Crippen molar-refractivity contribution >= 4 is 38.9 Å². The lowest BCUT2D eigenvalue weighted by atomic mass is 9.81. The highest BCUT2D eigenvalue weighted by atomic mass is 32.1. The molecule has 0 spiro atoms. The third-order valence-electron chi connectivity index (χ3n) is 6.07. The highest BCUT2D eigenvalue weighted by Crippen LogP contribution is 2.40. The predicted octanol–water partition coefficient (Wildman–Crippen LogP) is 6.62. The molecule has 0 atom stereocenters. The number of fused-ring (bicyclic) bond motifs is 2. The first-order valence-corrected chi connectivity index (χ1v) is 11.0. The number of aromatic nitrogens is 1. The highest BCUT2D eigenvalue weighted by Gasteiger charge is 2.42. The van der Waals surface area contributed by atoms with E-state index in [0.717, 1.165) is 17.1 Å². The van der Waals surface area contributed by atoms with Crippen molar-refractivity contribution in [3.8, 4) is 16.3 Å². The number of hydrogen-bond donors (Lipinski definition) is 1. The first-order valence-electron chi connectivity index (χ1n) is 10.1. The number of para-hydroxylation sites is 1. The van der Waals surface area contributed by atoms with E-state index in [1.807, 2.05) is 0 Å². The van der Waals surface area contributed by atoms with Crippen molar-refractivity contribution in [2.45, 2.75) is 19.3 Å². The number of aromatic amines is 1. The first-order chi connectivity index (χ1) is 14.5. The topological polar surface area (TPSA) is 28.0 Å².